The molecule has 1 aliphatic rings. The van der Waals surface area contributed by atoms with Gasteiger partial charge in [0.1, 0.15) is 5.82 Å². The molecule has 0 unspecified atom stereocenters. The van der Waals surface area contributed by atoms with Gasteiger partial charge in [0.25, 0.3) is 0 Å². The van der Waals surface area contributed by atoms with Crippen molar-refractivity contribution in [1.82, 2.24) is 9.55 Å². The van der Waals surface area contributed by atoms with Crippen LogP contribution in [0.2, 0.25) is 0 Å². The first-order chi connectivity index (χ1) is 31.0. The molecule has 0 bridgehead atoms. The molecule has 0 aliphatic carbocycles. The van der Waals surface area contributed by atoms with Crippen molar-refractivity contribution >= 4 is 44.6 Å². The van der Waals surface area contributed by atoms with Crippen molar-refractivity contribution in [3.63, 3.8) is 0 Å². The Hall–Kier alpha value is -5.64. The molecule has 0 saturated carbocycles. The molecule has 3 heterocycles. The Morgan fingerprint density at radius 1 is 0.478 bits per heavy atom. The first-order valence-corrected chi connectivity index (χ1v) is 23.4. The van der Waals surface area contributed by atoms with Gasteiger partial charge in [0, 0.05) is 61.3 Å². The van der Waals surface area contributed by atoms with E-state index in [1.54, 1.807) is 0 Å². The third-order valence-corrected chi connectivity index (χ3v) is 13.4. The van der Waals surface area contributed by atoms with E-state index in [9.17, 15) is 0 Å². The molecular weight excluding hydrogens is 1000 g/mol. The number of hydrogen-bond acceptors (Lipinski definition) is 4. The smallest absolute Gasteiger partial charge is 0.135 e. The largest absolute Gasteiger partial charge is 0.509 e. The van der Waals surface area contributed by atoms with Gasteiger partial charge in [-0.2, -0.15) is 6.07 Å². The van der Waals surface area contributed by atoms with Crippen LogP contribution in [0.15, 0.2) is 134 Å². The van der Waals surface area contributed by atoms with Gasteiger partial charge in [0.2, 0.25) is 0 Å². The van der Waals surface area contributed by atoms with Crippen LogP contribution in [0.1, 0.15) is 130 Å². The number of rotatable bonds is 7. The zero-order valence-electron chi connectivity index (χ0n) is 41.8. The maximum absolute atomic E-state index is 7.01. The van der Waals surface area contributed by atoms with Crippen LogP contribution in [0.3, 0.4) is 0 Å². The van der Waals surface area contributed by atoms with Gasteiger partial charge < -0.3 is 19.1 Å². The van der Waals surface area contributed by atoms with Gasteiger partial charge in [-0.05, 0) is 103 Å². The summed E-state index contributed by atoms with van der Waals surface area (Å²) >= 11 is 0. The van der Waals surface area contributed by atoms with E-state index in [0.29, 0.717) is 11.5 Å². The maximum atomic E-state index is 7.01. The second-order valence-corrected chi connectivity index (χ2v) is 22.9. The number of para-hydroxylation sites is 2. The summed E-state index contributed by atoms with van der Waals surface area (Å²) in [7, 11) is 0. The standard InChI is InChI=1S/C61H65N4O.Pt/c1-57(2,3)41-24-27-52-51(35-41)50-26-25-48(38-55(50)65(52)56-36-42(28-29-62-56)58(4,5)6)66-49-34-45(61(13,14)40-20-16-15-17-21-40)33-47(37-49)64-39-63(53-22-18-19-23-54(53)64)46-31-43(59(7,8)9)30-44(32-46)60(10,11)12;/h15-36,39H,1-14H3;/q-3;. The van der Waals surface area contributed by atoms with Crippen molar-refractivity contribution in [2.24, 2.45) is 0 Å². The van der Waals surface area contributed by atoms with E-state index in [4.69, 9.17) is 9.72 Å². The summed E-state index contributed by atoms with van der Waals surface area (Å²) in [4.78, 5) is 9.56. The van der Waals surface area contributed by atoms with Gasteiger partial charge >= 0.3 is 0 Å². The van der Waals surface area contributed by atoms with Crippen LogP contribution in [0.25, 0.3) is 27.6 Å². The maximum Gasteiger partial charge on any atom is 0.135 e. The molecule has 9 rings (SSSR count). The van der Waals surface area contributed by atoms with Crippen LogP contribution in [0, 0.1) is 18.8 Å². The van der Waals surface area contributed by atoms with Gasteiger partial charge in [0.15, 0.2) is 0 Å². The Kier molecular flexibility index (Phi) is 12.2. The van der Waals surface area contributed by atoms with E-state index in [2.05, 4.69) is 251 Å². The average Bonchev–Trinajstić information content (AvgIpc) is 3.81. The van der Waals surface area contributed by atoms with Gasteiger partial charge in [0.05, 0.1) is 0 Å². The zero-order chi connectivity index (χ0) is 47.1. The number of hydrogen-bond donors (Lipinski definition) is 0. The number of benzene rings is 6. The minimum absolute atomic E-state index is 0. The zero-order valence-corrected chi connectivity index (χ0v) is 44.1. The molecule has 0 spiro atoms. The van der Waals surface area contributed by atoms with Crippen molar-refractivity contribution in [1.29, 1.82) is 0 Å². The van der Waals surface area contributed by atoms with Gasteiger partial charge in [-0.3, -0.25) is 0 Å². The molecule has 0 N–H and O–H groups in total. The first kappa shape index (κ1) is 47.8. The number of pyridine rings is 1. The molecular formula is C61H65N4OPt-3. The summed E-state index contributed by atoms with van der Waals surface area (Å²) in [5.41, 5.74) is 13.2. The monoisotopic (exact) mass is 1060 g/mol. The topological polar surface area (TPSA) is 33.5 Å². The summed E-state index contributed by atoms with van der Waals surface area (Å²) in [6.45, 7) is 34.1. The van der Waals surface area contributed by atoms with E-state index < -0.39 is 0 Å². The van der Waals surface area contributed by atoms with Gasteiger partial charge in [-0.1, -0.05) is 163 Å². The number of anilines is 4. The van der Waals surface area contributed by atoms with E-state index in [-0.39, 0.29) is 48.1 Å². The van der Waals surface area contributed by atoms with Crippen molar-refractivity contribution < 1.29 is 25.8 Å². The van der Waals surface area contributed by atoms with Crippen molar-refractivity contribution in [3.8, 4) is 17.3 Å². The predicted molar refractivity (Wildman–Crippen MR) is 278 cm³/mol. The SMILES string of the molecule is CC(C)(C)c1cc(N2[CH-]N(c3[c-]c(Oc4[c-]c5c(cc4)c4cc(C(C)(C)C)ccc4n5-c4cc(C(C)(C)C)ccn4)cc(C(C)(C)c4ccccc4)c3)c3ccccc32)cc(C(C)(C)C)c1.[Pt]. The van der Waals surface area contributed by atoms with E-state index in [0.717, 1.165) is 50.6 Å². The molecule has 0 atom stereocenters. The summed E-state index contributed by atoms with van der Waals surface area (Å²) in [5.74, 6) is 2.07. The number of nitrogens with zero attached hydrogens (tertiary/aromatic N) is 4. The molecule has 8 aromatic rings. The van der Waals surface area contributed by atoms with Crippen LogP contribution < -0.4 is 14.5 Å². The first-order valence-electron chi connectivity index (χ1n) is 23.4. The van der Waals surface area contributed by atoms with Crippen LogP contribution in [-0.2, 0) is 48.1 Å². The fourth-order valence-corrected chi connectivity index (χ4v) is 9.04. The molecule has 6 heteroatoms. The summed E-state index contributed by atoms with van der Waals surface area (Å²) in [6.07, 6.45) is 1.92. The summed E-state index contributed by atoms with van der Waals surface area (Å²) in [6, 6.07) is 53.8. The van der Waals surface area contributed by atoms with Crippen LogP contribution in [0.5, 0.6) is 11.5 Å². The minimum atomic E-state index is -0.362. The Labute approximate surface area is 414 Å². The number of ether oxygens (including phenoxy) is 1. The molecule has 0 saturated heterocycles. The Morgan fingerprint density at radius 2 is 1.07 bits per heavy atom. The molecule has 67 heavy (non-hydrogen) atoms. The van der Waals surface area contributed by atoms with Crippen LogP contribution in [0.4, 0.5) is 22.7 Å². The fraction of sp³-hybridized carbons (Fsp3) is 0.311. The molecule has 2 aromatic heterocycles. The van der Waals surface area contributed by atoms with Gasteiger partial charge in [-0.15, -0.1) is 53.6 Å². The van der Waals surface area contributed by atoms with E-state index in [1.807, 2.05) is 12.3 Å². The van der Waals surface area contributed by atoms with Gasteiger partial charge in [-0.25, -0.2) is 4.98 Å². The Bertz CT molecular complexity index is 3080. The average molecular weight is 1070 g/mol. The van der Waals surface area contributed by atoms with E-state index >= 15 is 0 Å². The molecule has 6 aromatic carbocycles. The van der Waals surface area contributed by atoms with Crippen molar-refractivity contribution in [2.75, 3.05) is 9.80 Å². The van der Waals surface area contributed by atoms with Crippen LogP contribution >= 0.6 is 0 Å². The van der Waals surface area contributed by atoms with Crippen molar-refractivity contribution in [2.45, 2.75) is 124 Å². The Morgan fingerprint density at radius 3 is 1.70 bits per heavy atom. The molecule has 5 nitrogen and oxygen atoms in total. The normalized spacial score (nSPS) is 13.6. The summed E-state index contributed by atoms with van der Waals surface area (Å²) < 4.78 is 9.25. The molecule has 0 fully saturated rings. The van der Waals surface area contributed by atoms with Crippen molar-refractivity contribution in [3.05, 3.63) is 186 Å². The van der Waals surface area contributed by atoms with Crippen LogP contribution in [-0.4, -0.2) is 9.55 Å². The molecule has 0 radical (unpaired) electrons. The summed E-state index contributed by atoms with van der Waals surface area (Å²) in [5, 5.41) is 2.27. The third kappa shape index (κ3) is 9.21. The molecule has 0 amide bonds. The third-order valence-electron chi connectivity index (χ3n) is 13.4. The second-order valence-electron chi connectivity index (χ2n) is 22.9. The number of aromatic nitrogens is 2. The quantitative estimate of drug-likeness (QED) is 0.149. The Balaban J connectivity index is 0.00000608. The predicted octanol–water partition coefficient (Wildman–Crippen LogP) is 16.5. The molecule has 1 aliphatic heterocycles. The fourth-order valence-electron chi connectivity index (χ4n) is 9.04. The number of fused-ring (bicyclic) bond motifs is 4. The second kappa shape index (κ2) is 17.1. The van der Waals surface area contributed by atoms with E-state index in [1.165, 1.54) is 33.2 Å². The molecule has 348 valence electrons. The minimum Gasteiger partial charge on any atom is -0.509 e.